The molecule has 1 N–H and O–H groups in total. The van der Waals surface area contributed by atoms with Gasteiger partial charge in [0.05, 0.1) is 16.1 Å². The van der Waals surface area contributed by atoms with E-state index < -0.39 is 5.97 Å². The van der Waals surface area contributed by atoms with E-state index in [1.165, 1.54) is 16.0 Å². The number of hydrogen-bond donors (Lipinski definition) is 1. The van der Waals surface area contributed by atoms with E-state index in [0.29, 0.717) is 6.42 Å². The zero-order chi connectivity index (χ0) is 13.0. The SMILES string of the molecule is Cc1ccccc1-c1scnc1CCCC(=O)O. The molecule has 3 nitrogen and oxygen atoms in total. The Labute approximate surface area is 110 Å². The van der Waals surface area contributed by atoms with E-state index >= 15 is 0 Å². The van der Waals surface area contributed by atoms with Gasteiger partial charge in [-0.3, -0.25) is 4.79 Å². The molecule has 4 heteroatoms. The van der Waals surface area contributed by atoms with Crippen LogP contribution < -0.4 is 0 Å². The molecule has 0 aliphatic carbocycles. The number of aromatic nitrogens is 1. The molecule has 2 rings (SSSR count). The maximum absolute atomic E-state index is 10.5. The number of rotatable bonds is 5. The Morgan fingerprint density at radius 1 is 1.39 bits per heavy atom. The monoisotopic (exact) mass is 261 g/mol. The maximum atomic E-state index is 10.5. The lowest BCUT2D eigenvalue weighted by Gasteiger charge is -2.05. The van der Waals surface area contributed by atoms with Crippen molar-refractivity contribution in [2.75, 3.05) is 0 Å². The van der Waals surface area contributed by atoms with Crippen molar-refractivity contribution in [3.8, 4) is 10.4 Å². The molecule has 0 saturated heterocycles. The van der Waals surface area contributed by atoms with Gasteiger partial charge in [-0.2, -0.15) is 0 Å². The molecule has 0 aliphatic heterocycles. The van der Waals surface area contributed by atoms with Gasteiger partial charge in [0.15, 0.2) is 0 Å². The molecular formula is C14H15NO2S. The van der Waals surface area contributed by atoms with Crippen molar-refractivity contribution in [1.82, 2.24) is 4.98 Å². The molecule has 1 aromatic carbocycles. The maximum Gasteiger partial charge on any atom is 0.303 e. The van der Waals surface area contributed by atoms with Crippen LogP contribution in [0.4, 0.5) is 0 Å². The average Bonchev–Trinajstić information content (AvgIpc) is 2.77. The summed E-state index contributed by atoms with van der Waals surface area (Å²) < 4.78 is 0. The van der Waals surface area contributed by atoms with E-state index in [9.17, 15) is 4.79 Å². The molecule has 2 aromatic rings. The summed E-state index contributed by atoms with van der Waals surface area (Å²) in [6, 6.07) is 8.20. The molecule has 18 heavy (non-hydrogen) atoms. The van der Waals surface area contributed by atoms with Gasteiger partial charge in [0.2, 0.25) is 0 Å². The molecule has 0 radical (unpaired) electrons. The van der Waals surface area contributed by atoms with Crippen molar-refractivity contribution in [1.29, 1.82) is 0 Å². The second kappa shape index (κ2) is 5.78. The Bertz CT molecular complexity index is 548. The molecule has 0 bridgehead atoms. The second-order valence-electron chi connectivity index (χ2n) is 4.19. The first-order valence-corrected chi connectivity index (χ1v) is 6.76. The van der Waals surface area contributed by atoms with Crippen LogP contribution in [0.2, 0.25) is 0 Å². The number of nitrogens with zero attached hydrogens (tertiary/aromatic N) is 1. The van der Waals surface area contributed by atoms with Crippen LogP contribution in [0, 0.1) is 6.92 Å². The number of carboxylic acids is 1. The molecule has 0 spiro atoms. The Balaban J connectivity index is 2.18. The Morgan fingerprint density at radius 2 is 2.17 bits per heavy atom. The minimum absolute atomic E-state index is 0.199. The highest BCUT2D eigenvalue weighted by Gasteiger charge is 2.10. The van der Waals surface area contributed by atoms with Crippen molar-refractivity contribution in [2.24, 2.45) is 0 Å². The Hall–Kier alpha value is -1.68. The zero-order valence-electron chi connectivity index (χ0n) is 10.2. The van der Waals surface area contributed by atoms with Crippen molar-refractivity contribution in [3.63, 3.8) is 0 Å². The fourth-order valence-electron chi connectivity index (χ4n) is 1.90. The van der Waals surface area contributed by atoms with Gasteiger partial charge in [0.1, 0.15) is 0 Å². The largest absolute Gasteiger partial charge is 0.481 e. The van der Waals surface area contributed by atoms with Crippen molar-refractivity contribution in [2.45, 2.75) is 26.2 Å². The van der Waals surface area contributed by atoms with Gasteiger partial charge in [0, 0.05) is 6.42 Å². The number of carboxylic acid groups (broad SMARTS) is 1. The Kier molecular flexibility index (Phi) is 4.10. The van der Waals surface area contributed by atoms with E-state index in [1.54, 1.807) is 11.3 Å². The number of aliphatic carboxylic acids is 1. The molecule has 0 saturated carbocycles. The summed E-state index contributed by atoms with van der Waals surface area (Å²) >= 11 is 1.62. The smallest absolute Gasteiger partial charge is 0.303 e. The predicted octanol–water partition coefficient (Wildman–Crippen LogP) is 3.53. The molecule has 0 amide bonds. The third-order valence-electron chi connectivity index (χ3n) is 2.84. The lowest BCUT2D eigenvalue weighted by molar-refractivity contribution is -0.137. The number of aryl methyl sites for hydroxylation is 2. The van der Waals surface area contributed by atoms with E-state index in [1.807, 2.05) is 17.6 Å². The zero-order valence-corrected chi connectivity index (χ0v) is 11.0. The van der Waals surface area contributed by atoms with Gasteiger partial charge in [-0.1, -0.05) is 24.3 Å². The summed E-state index contributed by atoms with van der Waals surface area (Å²) in [6.45, 7) is 2.08. The van der Waals surface area contributed by atoms with Crippen molar-refractivity contribution < 1.29 is 9.90 Å². The van der Waals surface area contributed by atoms with E-state index in [0.717, 1.165) is 12.1 Å². The minimum atomic E-state index is -0.748. The number of benzene rings is 1. The number of thiazole rings is 1. The third-order valence-corrected chi connectivity index (χ3v) is 3.74. The topological polar surface area (TPSA) is 50.2 Å². The average molecular weight is 261 g/mol. The first-order valence-electron chi connectivity index (χ1n) is 5.88. The molecule has 1 heterocycles. The molecule has 0 aliphatic rings. The lowest BCUT2D eigenvalue weighted by Crippen LogP contribution is -1.97. The second-order valence-corrected chi connectivity index (χ2v) is 5.05. The molecule has 0 fully saturated rings. The predicted molar refractivity (Wildman–Crippen MR) is 72.9 cm³/mol. The van der Waals surface area contributed by atoms with Gasteiger partial charge in [-0.25, -0.2) is 4.98 Å². The summed E-state index contributed by atoms with van der Waals surface area (Å²) in [5, 5.41) is 8.65. The summed E-state index contributed by atoms with van der Waals surface area (Å²) in [7, 11) is 0. The summed E-state index contributed by atoms with van der Waals surface area (Å²) in [4.78, 5) is 16.0. The van der Waals surface area contributed by atoms with Gasteiger partial charge in [-0.05, 0) is 30.9 Å². The molecule has 0 atom stereocenters. The van der Waals surface area contributed by atoms with Crippen LogP contribution in [0.5, 0.6) is 0 Å². The van der Waals surface area contributed by atoms with E-state index in [2.05, 4.69) is 24.0 Å². The summed E-state index contributed by atoms with van der Waals surface area (Å²) in [5.74, 6) is -0.748. The minimum Gasteiger partial charge on any atom is -0.481 e. The van der Waals surface area contributed by atoms with E-state index in [4.69, 9.17) is 5.11 Å². The summed E-state index contributed by atoms with van der Waals surface area (Å²) in [6.07, 6.45) is 1.56. The van der Waals surface area contributed by atoms with Crippen LogP contribution in [0.1, 0.15) is 24.1 Å². The van der Waals surface area contributed by atoms with Crippen LogP contribution in [-0.2, 0) is 11.2 Å². The highest BCUT2D eigenvalue weighted by Crippen LogP contribution is 2.30. The Morgan fingerprint density at radius 3 is 2.89 bits per heavy atom. The van der Waals surface area contributed by atoms with Gasteiger partial charge >= 0.3 is 5.97 Å². The number of carbonyl (C=O) groups is 1. The first-order chi connectivity index (χ1) is 8.68. The van der Waals surface area contributed by atoms with Crippen molar-refractivity contribution in [3.05, 3.63) is 41.0 Å². The van der Waals surface area contributed by atoms with Crippen LogP contribution in [0.15, 0.2) is 29.8 Å². The van der Waals surface area contributed by atoms with Crippen LogP contribution in [-0.4, -0.2) is 16.1 Å². The fourth-order valence-corrected chi connectivity index (χ4v) is 2.83. The third kappa shape index (κ3) is 2.96. The lowest BCUT2D eigenvalue weighted by atomic mass is 10.0. The standard InChI is InChI=1S/C14H15NO2S/c1-10-5-2-3-6-11(10)14-12(15-9-18-14)7-4-8-13(16)17/h2-3,5-6,9H,4,7-8H2,1H3,(H,16,17). The highest BCUT2D eigenvalue weighted by atomic mass is 32.1. The molecular weight excluding hydrogens is 246 g/mol. The van der Waals surface area contributed by atoms with Crippen LogP contribution in [0.25, 0.3) is 10.4 Å². The molecule has 94 valence electrons. The molecule has 1 aromatic heterocycles. The fraction of sp³-hybridized carbons (Fsp3) is 0.286. The van der Waals surface area contributed by atoms with Crippen LogP contribution >= 0.6 is 11.3 Å². The first kappa shape index (κ1) is 12.8. The quantitative estimate of drug-likeness (QED) is 0.895. The normalized spacial score (nSPS) is 10.5. The highest BCUT2D eigenvalue weighted by molar-refractivity contribution is 7.13. The summed E-state index contributed by atoms with van der Waals surface area (Å²) in [5.41, 5.74) is 5.26. The number of hydrogen-bond acceptors (Lipinski definition) is 3. The van der Waals surface area contributed by atoms with Crippen molar-refractivity contribution >= 4 is 17.3 Å². The van der Waals surface area contributed by atoms with Crippen LogP contribution in [0.3, 0.4) is 0 Å². The van der Waals surface area contributed by atoms with Gasteiger partial charge in [-0.15, -0.1) is 11.3 Å². The van der Waals surface area contributed by atoms with Gasteiger partial charge in [0.25, 0.3) is 0 Å². The van der Waals surface area contributed by atoms with Gasteiger partial charge < -0.3 is 5.11 Å². The van der Waals surface area contributed by atoms with E-state index in [-0.39, 0.29) is 6.42 Å². The molecule has 0 unspecified atom stereocenters.